The monoisotopic (exact) mass is 412 g/mol. The van der Waals surface area contributed by atoms with Crippen LogP contribution in [0.3, 0.4) is 0 Å². The van der Waals surface area contributed by atoms with Crippen LogP contribution in [0.15, 0.2) is 22.2 Å². The van der Waals surface area contributed by atoms with Crippen LogP contribution in [0.1, 0.15) is 60.4 Å². The molecular formula is C20H24N6O2S. The number of carbonyl (C=O) groups excluding carboxylic acids is 1. The molecule has 3 aromatic rings. The van der Waals surface area contributed by atoms with Crippen LogP contribution in [-0.2, 0) is 6.54 Å². The van der Waals surface area contributed by atoms with Crippen molar-refractivity contribution in [2.45, 2.75) is 45.7 Å². The zero-order valence-electron chi connectivity index (χ0n) is 16.7. The zero-order valence-corrected chi connectivity index (χ0v) is 17.5. The maximum Gasteiger partial charge on any atom is 0.268 e. The average molecular weight is 413 g/mol. The van der Waals surface area contributed by atoms with Gasteiger partial charge in [-0.15, -0.1) is 21.5 Å². The SMILES string of the molecule is CCCN(CCC)Cc1nnc(-c2ncn3c2[C@@H]2CCN2C(=O)c2sccc2-3)o1. The number of fused-ring (bicyclic) bond motifs is 5. The molecule has 29 heavy (non-hydrogen) atoms. The number of nitrogens with zero attached hydrogens (tertiary/aromatic N) is 6. The Bertz CT molecular complexity index is 1030. The first kappa shape index (κ1) is 18.5. The Hall–Kier alpha value is -2.52. The second-order valence-electron chi connectivity index (χ2n) is 7.56. The summed E-state index contributed by atoms with van der Waals surface area (Å²) in [6.07, 6.45) is 4.87. The van der Waals surface area contributed by atoms with Crippen molar-refractivity contribution in [3.8, 4) is 17.3 Å². The predicted octanol–water partition coefficient (Wildman–Crippen LogP) is 3.51. The number of imidazole rings is 1. The third kappa shape index (κ3) is 3.00. The van der Waals surface area contributed by atoms with E-state index in [1.165, 1.54) is 11.3 Å². The fraction of sp³-hybridized carbons (Fsp3) is 0.500. The molecule has 1 atom stereocenters. The Labute approximate surface area is 173 Å². The van der Waals surface area contributed by atoms with Crippen LogP contribution in [0.4, 0.5) is 0 Å². The van der Waals surface area contributed by atoms with Crippen LogP contribution >= 0.6 is 11.3 Å². The van der Waals surface area contributed by atoms with E-state index in [1.807, 2.05) is 20.9 Å². The number of aromatic nitrogens is 4. The highest BCUT2D eigenvalue weighted by atomic mass is 32.1. The molecule has 1 saturated heterocycles. The molecule has 0 bridgehead atoms. The summed E-state index contributed by atoms with van der Waals surface area (Å²) in [5.74, 6) is 1.14. The standard InChI is InChI=1S/C20H24N6O2S/c1-3-7-24(8-4-2)11-15-22-23-19(28-15)16-17-13-5-9-25(13)20(27)18-14(6-10-29-18)26(17)12-21-16/h6,10,12-13H,3-5,7-9,11H2,1-2H3/t13-/m0/s1. The highest BCUT2D eigenvalue weighted by Gasteiger charge is 2.43. The highest BCUT2D eigenvalue weighted by Crippen LogP contribution is 2.44. The molecule has 0 aromatic carbocycles. The van der Waals surface area contributed by atoms with Crippen molar-refractivity contribution in [3.63, 3.8) is 0 Å². The van der Waals surface area contributed by atoms with E-state index in [1.54, 1.807) is 6.33 Å². The summed E-state index contributed by atoms with van der Waals surface area (Å²) >= 11 is 1.48. The van der Waals surface area contributed by atoms with Crippen molar-refractivity contribution in [1.82, 2.24) is 29.5 Å². The maximum atomic E-state index is 12.9. The van der Waals surface area contributed by atoms with Gasteiger partial charge >= 0.3 is 0 Å². The van der Waals surface area contributed by atoms with Crippen LogP contribution in [0.2, 0.25) is 0 Å². The minimum Gasteiger partial charge on any atom is -0.418 e. The number of rotatable bonds is 7. The lowest BCUT2D eigenvalue weighted by Gasteiger charge is -2.39. The molecule has 1 fully saturated rings. The van der Waals surface area contributed by atoms with E-state index in [2.05, 4.69) is 33.9 Å². The van der Waals surface area contributed by atoms with E-state index in [0.29, 0.717) is 24.0 Å². The molecule has 0 radical (unpaired) electrons. The first-order chi connectivity index (χ1) is 14.2. The van der Waals surface area contributed by atoms with Gasteiger partial charge in [-0.2, -0.15) is 0 Å². The molecule has 2 aliphatic rings. The molecule has 1 amide bonds. The molecule has 152 valence electrons. The molecular weight excluding hydrogens is 388 g/mol. The summed E-state index contributed by atoms with van der Waals surface area (Å²) in [5.41, 5.74) is 2.54. The number of hydrogen-bond donors (Lipinski definition) is 0. The molecule has 5 rings (SSSR count). The first-order valence-electron chi connectivity index (χ1n) is 10.2. The lowest BCUT2D eigenvalue weighted by molar-refractivity contribution is 0.0466. The Balaban J connectivity index is 1.50. The van der Waals surface area contributed by atoms with Gasteiger partial charge in [0.15, 0.2) is 5.69 Å². The number of carbonyl (C=O) groups is 1. The summed E-state index contributed by atoms with van der Waals surface area (Å²) in [6, 6.07) is 1.98. The van der Waals surface area contributed by atoms with E-state index >= 15 is 0 Å². The van der Waals surface area contributed by atoms with Crippen molar-refractivity contribution in [2.75, 3.05) is 19.6 Å². The normalized spacial score (nSPS) is 17.7. The third-order valence-corrected chi connectivity index (χ3v) is 6.50. The highest BCUT2D eigenvalue weighted by molar-refractivity contribution is 7.12. The topological polar surface area (TPSA) is 80.3 Å². The van der Waals surface area contributed by atoms with Crippen LogP contribution < -0.4 is 0 Å². The van der Waals surface area contributed by atoms with E-state index in [0.717, 1.165) is 55.2 Å². The van der Waals surface area contributed by atoms with Crippen molar-refractivity contribution in [1.29, 1.82) is 0 Å². The molecule has 8 nitrogen and oxygen atoms in total. The van der Waals surface area contributed by atoms with Crippen molar-refractivity contribution >= 4 is 17.2 Å². The van der Waals surface area contributed by atoms with Gasteiger partial charge in [-0.1, -0.05) is 13.8 Å². The van der Waals surface area contributed by atoms with Gasteiger partial charge < -0.3 is 9.32 Å². The smallest absolute Gasteiger partial charge is 0.268 e. The molecule has 9 heteroatoms. The van der Waals surface area contributed by atoms with E-state index in [4.69, 9.17) is 4.42 Å². The Morgan fingerprint density at radius 1 is 1.28 bits per heavy atom. The minimum absolute atomic E-state index is 0.00614. The van der Waals surface area contributed by atoms with Crippen LogP contribution in [-0.4, -0.2) is 55.1 Å². The van der Waals surface area contributed by atoms with Crippen LogP contribution in [0.5, 0.6) is 0 Å². The first-order valence-corrected chi connectivity index (χ1v) is 11.1. The quantitative estimate of drug-likeness (QED) is 0.591. The number of amides is 1. The van der Waals surface area contributed by atoms with Gasteiger partial charge in [0, 0.05) is 6.54 Å². The number of thiophene rings is 1. The van der Waals surface area contributed by atoms with Crippen LogP contribution in [0, 0.1) is 0 Å². The molecule has 0 unspecified atom stereocenters. The van der Waals surface area contributed by atoms with E-state index in [-0.39, 0.29) is 11.9 Å². The summed E-state index contributed by atoms with van der Waals surface area (Å²) in [5, 5.41) is 10.5. The van der Waals surface area contributed by atoms with Gasteiger partial charge in [-0.05, 0) is 43.8 Å². The predicted molar refractivity (Wildman–Crippen MR) is 109 cm³/mol. The Kier molecular flexibility index (Phi) is 4.71. The fourth-order valence-corrected chi connectivity index (χ4v) is 5.08. The minimum atomic E-state index is 0.00614. The second-order valence-corrected chi connectivity index (χ2v) is 8.48. The van der Waals surface area contributed by atoms with Crippen molar-refractivity contribution < 1.29 is 9.21 Å². The summed E-state index contributed by atoms with van der Waals surface area (Å²) in [7, 11) is 0. The van der Waals surface area contributed by atoms with Crippen LogP contribution in [0.25, 0.3) is 17.3 Å². The second kappa shape index (κ2) is 7.38. The van der Waals surface area contributed by atoms with Gasteiger partial charge in [0.1, 0.15) is 11.2 Å². The molecule has 0 spiro atoms. The van der Waals surface area contributed by atoms with Gasteiger partial charge in [0.2, 0.25) is 5.89 Å². The average Bonchev–Trinajstić information content (AvgIpc) is 3.39. The molecule has 5 heterocycles. The maximum absolute atomic E-state index is 12.9. The largest absolute Gasteiger partial charge is 0.418 e. The molecule has 3 aromatic heterocycles. The number of hydrogen-bond acceptors (Lipinski definition) is 7. The van der Waals surface area contributed by atoms with Gasteiger partial charge in [-0.3, -0.25) is 14.3 Å². The summed E-state index contributed by atoms with van der Waals surface area (Å²) in [6.45, 7) is 7.77. The molecule has 0 saturated carbocycles. The van der Waals surface area contributed by atoms with Crippen molar-refractivity contribution in [2.24, 2.45) is 0 Å². The van der Waals surface area contributed by atoms with E-state index < -0.39 is 0 Å². The third-order valence-electron chi connectivity index (χ3n) is 5.61. The van der Waals surface area contributed by atoms with Gasteiger partial charge in [-0.25, -0.2) is 4.98 Å². The summed E-state index contributed by atoms with van der Waals surface area (Å²) in [4.78, 5) is 22.5. The summed E-state index contributed by atoms with van der Waals surface area (Å²) < 4.78 is 8.04. The molecule has 0 aliphatic carbocycles. The van der Waals surface area contributed by atoms with Gasteiger partial charge in [0.05, 0.1) is 24.0 Å². The Morgan fingerprint density at radius 3 is 2.83 bits per heavy atom. The van der Waals surface area contributed by atoms with Gasteiger partial charge in [0.25, 0.3) is 11.8 Å². The van der Waals surface area contributed by atoms with E-state index in [9.17, 15) is 4.79 Å². The lowest BCUT2D eigenvalue weighted by Crippen LogP contribution is -2.44. The fourth-order valence-electron chi connectivity index (χ4n) is 4.24. The Morgan fingerprint density at radius 2 is 2.10 bits per heavy atom. The zero-order chi connectivity index (χ0) is 20.0. The van der Waals surface area contributed by atoms with Crippen molar-refractivity contribution in [3.05, 3.63) is 34.2 Å². The lowest BCUT2D eigenvalue weighted by atomic mass is 9.98. The molecule has 0 N–H and O–H groups in total. The molecule has 2 aliphatic heterocycles.